The summed E-state index contributed by atoms with van der Waals surface area (Å²) < 4.78 is 46.7. The second kappa shape index (κ2) is 10.0. The van der Waals surface area contributed by atoms with Crippen LogP contribution in [-0.2, 0) is 15.9 Å². The Morgan fingerprint density at radius 2 is 1.89 bits per heavy atom. The molecule has 0 radical (unpaired) electrons. The van der Waals surface area contributed by atoms with Crippen LogP contribution in [0.5, 0.6) is 5.75 Å². The molecular formula is C21H22F3N3O9. The number of aromatic nitrogens is 1. The quantitative estimate of drug-likeness (QED) is 0.300. The van der Waals surface area contributed by atoms with Gasteiger partial charge >= 0.3 is 6.18 Å². The Morgan fingerprint density at radius 1 is 1.19 bits per heavy atom. The first-order valence-corrected chi connectivity index (χ1v) is 10.6. The van der Waals surface area contributed by atoms with Gasteiger partial charge < -0.3 is 24.1 Å². The van der Waals surface area contributed by atoms with Gasteiger partial charge in [-0.1, -0.05) is 0 Å². The first-order chi connectivity index (χ1) is 16.7. The van der Waals surface area contributed by atoms with E-state index in [1.54, 1.807) is 0 Å². The third-order valence-corrected chi connectivity index (χ3v) is 5.70. The van der Waals surface area contributed by atoms with Crippen LogP contribution in [0, 0.1) is 20.2 Å². The molecule has 15 heteroatoms. The highest BCUT2D eigenvalue weighted by Gasteiger charge is 2.45. The van der Waals surface area contributed by atoms with E-state index in [4.69, 9.17) is 4.74 Å². The van der Waals surface area contributed by atoms with Crippen LogP contribution in [0.3, 0.4) is 0 Å². The predicted molar refractivity (Wildman–Crippen MR) is 114 cm³/mol. The number of halogens is 3. The van der Waals surface area contributed by atoms with Crippen molar-refractivity contribution in [3.63, 3.8) is 0 Å². The summed E-state index contributed by atoms with van der Waals surface area (Å²) in [4.78, 5) is 43.0. The molecule has 0 bridgehead atoms. The number of nitrogens with zero attached hydrogens (tertiary/aromatic N) is 3. The van der Waals surface area contributed by atoms with Gasteiger partial charge in [-0.3, -0.25) is 4.79 Å². The molecule has 0 amide bonds. The molecule has 3 atom stereocenters. The lowest BCUT2D eigenvalue weighted by molar-refractivity contribution is -0.772. The Kier molecular flexibility index (Phi) is 7.43. The monoisotopic (exact) mass is 517 g/mol. The third kappa shape index (κ3) is 5.84. The number of pyridine rings is 1. The number of aliphatic hydroxyl groups excluding tert-OH is 1. The lowest BCUT2D eigenvalue weighted by atomic mass is 9.85. The van der Waals surface area contributed by atoms with E-state index in [1.165, 1.54) is 26.1 Å². The van der Waals surface area contributed by atoms with Crippen LogP contribution < -0.4 is 10.3 Å². The van der Waals surface area contributed by atoms with Crippen molar-refractivity contribution < 1.29 is 42.9 Å². The average molecular weight is 517 g/mol. The highest BCUT2D eigenvalue weighted by atomic mass is 19.4. The Labute approximate surface area is 201 Å². The van der Waals surface area contributed by atoms with Crippen molar-refractivity contribution >= 4 is 0 Å². The minimum Gasteiger partial charge on any atom is -0.485 e. The van der Waals surface area contributed by atoms with Gasteiger partial charge in [0.05, 0.1) is 18.2 Å². The lowest BCUT2D eigenvalue weighted by Gasteiger charge is -2.42. The SMILES string of the molecule is CC1(C)Oc2ccc(C(F)(F)F)cc2C(n2ccc(C(CCCO[N+](=O)[O-])O[N+](=O)[O-])cc2=O)C1O. The summed E-state index contributed by atoms with van der Waals surface area (Å²) in [7, 11) is 0. The molecule has 1 aliphatic heterocycles. The van der Waals surface area contributed by atoms with E-state index in [2.05, 4.69) is 9.68 Å². The van der Waals surface area contributed by atoms with Crippen LogP contribution >= 0.6 is 0 Å². The molecule has 1 aromatic carbocycles. The summed E-state index contributed by atoms with van der Waals surface area (Å²) in [6.07, 6.45) is -6.33. The van der Waals surface area contributed by atoms with Gasteiger partial charge in [0.1, 0.15) is 23.6 Å². The topological polar surface area (TPSA) is 156 Å². The van der Waals surface area contributed by atoms with Gasteiger partial charge in [-0.25, -0.2) is 0 Å². The standard InChI is InChI=1S/C21H22F3N3O9/c1-20(2)19(29)18(14-11-13(21(22,23)24)5-6-16(14)35-20)25-8-7-12(10-17(25)28)15(36-27(32)33)4-3-9-34-26(30)31/h5-8,10-11,15,18-19,29H,3-4,9H2,1-2H3. The maximum absolute atomic E-state index is 13.3. The van der Waals surface area contributed by atoms with Crippen LogP contribution in [0.4, 0.5) is 13.2 Å². The molecule has 0 spiro atoms. The molecule has 1 aromatic heterocycles. The number of alkyl halides is 3. The van der Waals surface area contributed by atoms with E-state index in [-0.39, 0.29) is 36.3 Å². The van der Waals surface area contributed by atoms with E-state index < -0.39 is 51.3 Å². The largest absolute Gasteiger partial charge is 0.485 e. The molecular weight excluding hydrogens is 495 g/mol. The van der Waals surface area contributed by atoms with Gasteiger partial charge in [-0.15, -0.1) is 20.2 Å². The molecule has 0 saturated carbocycles. The second-order valence-electron chi connectivity index (χ2n) is 8.57. The fourth-order valence-corrected chi connectivity index (χ4v) is 3.97. The summed E-state index contributed by atoms with van der Waals surface area (Å²) in [6, 6.07) is 3.75. The van der Waals surface area contributed by atoms with E-state index in [1.807, 2.05) is 0 Å². The maximum Gasteiger partial charge on any atom is 0.416 e. The predicted octanol–water partition coefficient (Wildman–Crippen LogP) is 3.23. The zero-order valence-corrected chi connectivity index (χ0v) is 19.0. The number of hydrogen-bond acceptors (Lipinski definition) is 9. The molecule has 1 N–H and O–H groups in total. The van der Waals surface area contributed by atoms with Crippen LogP contribution in [0.25, 0.3) is 0 Å². The molecule has 196 valence electrons. The van der Waals surface area contributed by atoms with Gasteiger partial charge in [0.2, 0.25) is 0 Å². The molecule has 0 fully saturated rings. The molecule has 12 nitrogen and oxygen atoms in total. The van der Waals surface area contributed by atoms with Gasteiger partial charge in [0.15, 0.2) is 0 Å². The lowest BCUT2D eigenvalue weighted by Crippen LogP contribution is -2.52. The van der Waals surface area contributed by atoms with Crippen molar-refractivity contribution in [2.24, 2.45) is 0 Å². The van der Waals surface area contributed by atoms with Gasteiger partial charge in [0, 0.05) is 17.8 Å². The van der Waals surface area contributed by atoms with Crippen molar-refractivity contribution in [3.05, 3.63) is 83.8 Å². The normalized spacial score (nSPS) is 19.5. The fourth-order valence-electron chi connectivity index (χ4n) is 3.97. The molecule has 1 aliphatic rings. The fraction of sp³-hybridized carbons (Fsp3) is 0.476. The van der Waals surface area contributed by atoms with Crippen molar-refractivity contribution in [1.82, 2.24) is 4.57 Å². The van der Waals surface area contributed by atoms with Crippen LogP contribution in [0.2, 0.25) is 0 Å². The first kappa shape index (κ1) is 26.7. The smallest absolute Gasteiger partial charge is 0.416 e. The summed E-state index contributed by atoms with van der Waals surface area (Å²) >= 11 is 0. The van der Waals surface area contributed by atoms with Crippen molar-refractivity contribution in [1.29, 1.82) is 0 Å². The van der Waals surface area contributed by atoms with Crippen molar-refractivity contribution in [2.75, 3.05) is 6.61 Å². The number of fused-ring (bicyclic) bond motifs is 1. The number of rotatable bonds is 9. The average Bonchev–Trinajstić information content (AvgIpc) is 2.76. The number of ether oxygens (including phenoxy) is 1. The Balaban J connectivity index is 2.00. The van der Waals surface area contributed by atoms with Crippen molar-refractivity contribution in [2.45, 2.75) is 56.7 Å². The first-order valence-electron chi connectivity index (χ1n) is 10.6. The molecule has 0 saturated heterocycles. The molecule has 2 aromatic rings. The summed E-state index contributed by atoms with van der Waals surface area (Å²) in [6.45, 7) is 2.67. The summed E-state index contributed by atoms with van der Waals surface area (Å²) in [5.74, 6) is 0.0552. The summed E-state index contributed by atoms with van der Waals surface area (Å²) in [5, 5.41) is 30.0. The molecule has 3 rings (SSSR count). The van der Waals surface area contributed by atoms with E-state index >= 15 is 0 Å². The number of hydrogen-bond donors (Lipinski definition) is 1. The van der Waals surface area contributed by atoms with E-state index in [0.717, 1.165) is 28.8 Å². The number of benzene rings is 1. The van der Waals surface area contributed by atoms with Crippen LogP contribution in [0.15, 0.2) is 41.3 Å². The Hall–Kier alpha value is -3.88. The van der Waals surface area contributed by atoms with Gasteiger partial charge in [-0.2, -0.15) is 13.2 Å². The Morgan fingerprint density at radius 3 is 2.47 bits per heavy atom. The third-order valence-electron chi connectivity index (χ3n) is 5.70. The minimum absolute atomic E-state index is 0.0109. The van der Waals surface area contributed by atoms with Gasteiger partial charge in [0.25, 0.3) is 15.7 Å². The minimum atomic E-state index is -4.68. The van der Waals surface area contributed by atoms with Crippen molar-refractivity contribution in [3.8, 4) is 5.75 Å². The molecule has 3 unspecified atom stereocenters. The second-order valence-corrected chi connectivity index (χ2v) is 8.57. The Bertz CT molecular complexity index is 1200. The van der Waals surface area contributed by atoms with Crippen LogP contribution in [-0.4, -0.2) is 38.2 Å². The maximum atomic E-state index is 13.3. The highest BCUT2D eigenvalue weighted by molar-refractivity contribution is 5.44. The van der Waals surface area contributed by atoms with E-state index in [0.29, 0.717) is 0 Å². The molecule has 2 heterocycles. The van der Waals surface area contributed by atoms with Gasteiger partial charge in [-0.05, 0) is 56.5 Å². The highest BCUT2D eigenvalue weighted by Crippen LogP contribution is 2.44. The summed E-state index contributed by atoms with van der Waals surface area (Å²) in [5.41, 5.74) is -3.07. The number of aliphatic hydroxyl groups is 1. The molecule has 0 aliphatic carbocycles. The molecule has 36 heavy (non-hydrogen) atoms. The zero-order valence-electron chi connectivity index (χ0n) is 19.0. The van der Waals surface area contributed by atoms with E-state index in [9.17, 15) is 43.3 Å². The van der Waals surface area contributed by atoms with Crippen LogP contribution in [0.1, 0.15) is 55.5 Å². The zero-order chi connectivity index (χ0) is 26.8.